The van der Waals surface area contributed by atoms with Crippen LogP contribution in [0.1, 0.15) is 11.4 Å². The lowest BCUT2D eigenvalue weighted by atomic mass is 10.3. The van der Waals surface area contributed by atoms with Gasteiger partial charge in [-0.05, 0) is 18.2 Å². The summed E-state index contributed by atoms with van der Waals surface area (Å²) in [6.07, 6.45) is 3.49. The summed E-state index contributed by atoms with van der Waals surface area (Å²) < 4.78 is 12.9. The average molecular weight is 359 g/mol. The minimum atomic E-state index is 0.641. The fourth-order valence-electron chi connectivity index (χ4n) is 2.51. The number of benzene rings is 1. The summed E-state index contributed by atoms with van der Waals surface area (Å²) in [6, 6.07) is 11.8. The van der Waals surface area contributed by atoms with Gasteiger partial charge in [-0.25, -0.2) is 0 Å². The molecule has 1 N–H and O–H groups in total. The average Bonchev–Trinajstić information content (AvgIpc) is 3.24. The molecule has 2 aromatic heterocycles. The molecule has 1 unspecified atom stereocenters. The third-order valence-corrected chi connectivity index (χ3v) is 4.78. The quantitative estimate of drug-likeness (QED) is 0.466. The SMILES string of the molecule is Cn1c(C[NH+](C)Cc2ccoc2)nnc1SCCOc1ccccc1. The summed E-state index contributed by atoms with van der Waals surface area (Å²) >= 11 is 1.66. The van der Waals surface area contributed by atoms with E-state index in [2.05, 4.69) is 21.8 Å². The number of hydrogen-bond acceptors (Lipinski definition) is 5. The number of para-hydroxylation sites is 1. The molecular formula is C18H23N4O2S+. The molecule has 0 aliphatic rings. The second-order valence-electron chi connectivity index (χ2n) is 5.91. The van der Waals surface area contributed by atoms with Crippen LogP contribution in [-0.4, -0.2) is 34.2 Å². The Morgan fingerprint density at radius 2 is 2.00 bits per heavy atom. The number of aromatic nitrogens is 3. The normalized spacial score (nSPS) is 12.2. The minimum absolute atomic E-state index is 0.641. The van der Waals surface area contributed by atoms with Gasteiger partial charge in [0.2, 0.25) is 0 Å². The van der Waals surface area contributed by atoms with Crippen LogP contribution in [0.4, 0.5) is 0 Å². The monoisotopic (exact) mass is 359 g/mol. The van der Waals surface area contributed by atoms with Gasteiger partial charge >= 0.3 is 0 Å². The van der Waals surface area contributed by atoms with Gasteiger partial charge < -0.3 is 18.6 Å². The number of thioether (sulfide) groups is 1. The van der Waals surface area contributed by atoms with Crippen molar-refractivity contribution in [3.05, 3.63) is 60.3 Å². The molecule has 25 heavy (non-hydrogen) atoms. The van der Waals surface area contributed by atoms with Gasteiger partial charge in [-0.3, -0.25) is 0 Å². The third-order valence-electron chi connectivity index (χ3n) is 3.80. The molecule has 1 aromatic carbocycles. The van der Waals surface area contributed by atoms with Crippen molar-refractivity contribution in [2.75, 3.05) is 19.4 Å². The van der Waals surface area contributed by atoms with Crippen LogP contribution in [0.3, 0.4) is 0 Å². The van der Waals surface area contributed by atoms with E-state index >= 15 is 0 Å². The van der Waals surface area contributed by atoms with Crippen LogP contribution >= 0.6 is 11.8 Å². The Morgan fingerprint density at radius 1 is 1.16 bits per heavy atom. The first kappa shape index (κ1) is 17.6. The largest absolute Gasteiger partial charge is 0.493 e. The molecule has 0 saturated carbocycles. The second-order valence-corrected chi connectivity index (χ2v) is 6.97. The lowest BCUT2D eigenvalue weighted by Crippen LogP contribution is -3.06. The van der Waals surface area contributed by atoms with Crippen molar-refractivity contribution in [2.24, 2.45) is 7.05 Å². The molecule has 0 aliphatic carbocycles. The standard InChI is InChI=1S/C18H22N4O2S/c1-21(12-15-8-9-23-14-15)13-17-19-20-18(22(17)2)25-11-10-24-16-6-4-3-5-7-16/h3-9,14H,10-13H2,1-2H3/p+1. The van der Waals surface area contributed by atoms with Gasteiger partial charge in [-0.1, -0.05) is 30.0 Å². The molecule has 0 radical (unpaired) electrons. The van der Waals surface area contributed by atoms with Gasteiger partial charge in [-0.15, -0.1) is 10.2 Å². The van der Waals surface area contributed by atoms with Crippen LogP contribution in [0.5, 0.6) is 5.75 Å². The Balaban J connectivity index is 1.45. The molecule has 0 fully saturated rings. The van der Waals surface area contributed by atoms with E-state index in [0.29, 0.717) is 6.61 Å². The van der Waals surface area contributed by atoms with E-state index in [1.54, 1.807) is 24.3 Å². The highest BCUT2D eigenvalue weighted by molar-refractivity contribution is 7.99. The Labute approximate surface area is 151 Å². The highest BCUT2D eigenvalue weighted by atomic mass is 32.2. The van der Waals surface area contributed by atoms with E-state index in [1.807, 2.05) is 43.4 Å². The molecule has 2 heterocycles. The van der Waals surface area contributed by atoms with E-state index in [0.717, 1.165) is 35.6 Å². The number of ether oxygens (including phenoxy) is 1. The molecule has 0 spiro atoms. The van der Waals surface area contributed by atoms with Gasteiger partial charge in [0, 0.05) is 18.4 Å². The van der Waals surface area contributed by atoms with Crippen LogP contribution in [0.25, 0.3) is 0 Å². The summed E-state index contributed by atoms with van der Waals surface area (Å²) in [6.45, 7) is 2.36. The molecule has 132 valence electrons. The molecule has 0 amide bonds. The fourth-order valence-corrected chi connectivity index (χ4v) is 3.25. The van der Waals surface area contributed by atoms with Crippen LogP contribution in [0, 0.1) is 0 Å². The smallest absolute Gasteiger partial charge is 0.191 e. The number of hydrogen-bond donors (Lipinski definition) is 1. The summed E-state index contributed by atoms with van der Waals surface area (Å²) in [5, 5.41) is 9.55. The van der Waals surface area contributed by atoms with Crippen molar-refractivity contribution in [1.82, 2.24) is 14.8 Å². The number of quaternary nitrogens is 1. The summed E-state index contributed by atoms with van der Waals surface area (Å²) in [4.78, 5) is 1.33. The first-order valence-electron chi connectivity index (χ1n) is 8.23. The summed E-state index contributed by atoms with van der Waals surface area (Å²) in [5.41, 5.74) is 1.19. The highest BCUT2D eigenvalue weighted by Crippen LogP contribution is 2.16. The molecule has 1 atom stereocenters. The first-order chi connectivity index (χ1) is 12.2. The Bertz CT molecular complexity index is 759. The summed E-state index contributed by atoms with van der Waals surface area (Å²) in [5.74, 6) is 2.71. The van der Waals surface area contributed by atoms with Crippen molar-refractivity contribution in [2.45, 2.75) is 18.2 Å². The minimum Gasteiger partial charge on any atom is -0.493 e. The lowest BCUT2D eigenvalue weighted by molar-refractivity contribution is -0.908. The van der Waals surface area contributed by atoms with Crippen molar-refractivity contribution in [3.63, 3.8) is 0 Å². The zero-order valence-electron chi connectivity index (χ0n) is 14.5. The zero-order valence-corrected chi connectivity index (χ0v) is 15.3. The van der Waals surface area contributed by atoms with Gasteiger partial charge in [0.1, 0.15) is 18.8 Å². The molecular weight excluding hydrogens is 336 g/mol. The van der Waals surface area contributed by atoms with Gasteiger partial charge in [-0.2, -0.15) is 0 Å². The Kier molecular flexibility index (Phi) is 6.14. The third kappa shape index (κ3) is 5.11. The van der Waals surface area contributed by atoms with Crippen molar-refractivity contribution in [1.29, 1.82) is 0 Å². The molecule has 7 heteroatoms. The van der Waals surface area contributed by atoms with Gasteiger partial charge in [0.25, 0.3) is 0 Å². The summed E-state index contributed by atoms with van der Waals surface area (Å²) in [7, 11) is 4.16. The van der Waals surface area contributed by atoms with Gasteiger partial charge in [0.15, 0.2) is 11.0 Å². The van der Waals surface area contributed by atoms with Crippen LogP contribution in [-0.2, 0) is 20.1 Å². The van der Waals surface area contributed by atoms with E-state index in [-0.39, 0.29) is 0 Å². The Hall–Kier alpha value is -2.25. The molecule has 6 nitrogen and oxygen atoms in total. The number of nitrogens with one attached hydrogen (secondary N) is 1. The van der Waals surface area contributed by atoms with E-state index < -0.39 is 0 Å². The predicted molar refractivity (Wildman–Crippen MR) is 96.7 cm³/mol. The van der Waals surface area contributed by atoms with Crippen LogP contribution < -0.4 is 9.64 Å². The molecule has 0 saturated heterocycles. The Morgan fingerprint density at radius 3 is 2.76 bits per heavy atom. The van der Waals surface area contributed by atoms with E-state index in [9.17, 15) is 0 Å². The number of rotatable bonds is 9. The van der Waals surface area contributed by atoms with Crippen LogP contribution in [0.2, 0.25) is 0 Å². The first-order valence-corrected chi connectivity index (χ1v) is 9.22. The fraction of sp³-hybridized carbons (Fsp3) is 0.333. The van der Waals surface area contributed by atoms with Crippen molar-refractivity contribution >= 4 is 11.8 Å². The highest BCUT2D eigenvalue weighted by Gasteiger charge is 2.14. The van der Waals surface area contributed by atoms with Crippen LogP contribution in [0.15, 0.2) is 58.5 Å². The van der Waals surface area contributed by atoms with Crippen molar-refractivity contribution < 1.29 is 14.1 Å². The topological polar surface area (TPSA) is 57.5 Å². The lowest BCUT2D eigenvalue weighted by Gasteiger charge is -2.12. The maximum Gasteiger partial charge on any atom is 0.191 e. The molecule has 0 bridgehead atoms. The molecule has 3 rings (SSSR count). The number of nitrogens with zero attached hydrogens (tertiary/aromatic N) is 3. The van der Waals surface area contributed by atoms with E-state index in [4.69, 9.17) is 9.15 Å². The predicted octanol–water partition coefficient (Wildman–Crippen LogP) is 1.79. The number of furan rings is 1. The van der Waals surface area contributed by atoms with E-state index in [1.165, 1.54) is 10.5 Å². The molecule has 3 aromatic rings. The maximum atomic E-state index is 5.71. The second kappa shape index (κ2) is 8.73. The van der Waals surface area contributed by atoms with Gasteiger partial charge in [0.05, 0.1) is 26.2 Å². The maximum absolute atomic E-state index is 5.71. The van der Waals surface area contributed by atoms with Crippen molar-refractivity contribution in [3.8, 4) is 5.75 Å². The molecule has 0 aliphatic heterocycles. The zero-order chi connectivity index (χ0) is 17.5.